The fourth-order valence-electron chi connectivity index (χ4n) is 4.39. The molecular weight excluding hydrogens is 334 g/mol. The first-order valence-electron chi connectivity index (χ1n) is 10.2. The van der Waals surface area contributed by atoms with Gasteiger partial charge in [0.1, 0.15) is 6.61 Å². The Hall–Kier alpha value is -1.34. The van der Waals surface area contributed by atoms with E-state index in [0.29, 0.717) is 32.7 Å². The van der Waals surface area contributed by atoms with Gasteiger partial charge < -0.3 is 25.0 Å². The number of piperidine rings is 1. The van der Waals surface area contributed by atoms with Gasteiger partial charge in [0.2, 0.25) is 0 Å². The maximum atomic E-state index is 12.8. The van der Waals surface area contributed by atoms with Crippen LogP contribution in [0.25, 0.3) is 0 Å². The highest BCUT2D eigenvalue weighted by molar-refractivity contribution is 5.86. The lowest BCUT2D eigenvalue weighted by Crippen LogP contribution is -2.58. The lowest BCUT2D eigenvalue weighted by molar-refractivity contribution is -0.156. The zero-order chi connectivity index (χ0) is 18.4. The lowest BCUT2D eigenvalue weighted by Gasteiger charge is -2.39. The quantitative estimate of drug-likeness (QED) is 0.633. The summed E-state index contributed by atoms with van der Waals surface area (Å²) in [6, 6.07) is 0. The predicted molar refractivity (Wildman–Crippen MR) is 97.7 cm³/mol. The first-order chi connectivity index (χ1) is 12.6. The summed E-state index contributed by atoms with van der Waals surface area (Å²) < 4.78 is 4.89. The van der Waals surface area contributed by atoms with E-state index in [2.05, 4.69) is 5.32 Å². The number of likely N-dealkylation sites (tertiary alicyclic amines) is 1. The molecule has 148 valence electrons. The number of cyclic esters (lactones) is 1. The summed E-state index contributed by atoms with van der Waals surface area (Å²) in [6.07, 6.45) is 8.67. The molecule has 3 fully saturated rings. The number of aliphatic hydroxyl groups is 1. The number of carbonyl (C=O) groups is 2. The summed E-state index contributed by atoms with van der Waals surface area (Å²) in [4.78, 5) is 27.7. The molecule has 2 heterocycles. The van der Waals surface area contributed by atoms with Crippen LogP contribution in [0.15, 0.2) is 0 Å². The van der Waals surface area contributed by atoms with Crippen molar-refractivity contribution in [3.63, 3.8) is 0 Å². The van der Waals surface area contributed by atoms with Gasteiger partial charge in [-0.25, -0.2) is 4.79 Å². The van der Waals surface area contributed by atoms with E-state index in [9.17, 15) is 14.7 Å². The number of rotatable bonds is 8. The lowest BCUT2D eigenvalue weighted by atomic mass is 9.86. The minimum Gasteiger partial charge on any atom is -0.448 e. The van der Waals surface area contributed by atoms with E-state index < -0.39 is 5.60 Å². The Labute approximate surface area is 156 Å². The SMILES string of the molecule is O=C1OCCN1CCNC[C@@]1(O)CCCN(CCC2CCCCC2)C1=O. The topological polar surface area (TPSA) is 82.1 Å². The van der Waals surface area contributed by atoms with Crippen LogP contribution >= 0.6 is 0 Å². The molecule has 1 atom stereocenters. The molecule has 3 aliphatic rings. The molecule has 0 spiro atoms. The normalized spacial score (nSPS) is 27.9. The van der Waals surface area contributed by atoms with Crippen molar-refractivity contribution in [2.45, 2.75) is 57.0 Å². The number of carbonyl (C=O) groups excluding carboxylic acids is 2. The van der Waals surface area contributed by atoms with Crippen LogP contribution in [-0.4, -0.2) is 78.4 Å². The molecular formula is C19H33N3O4. The molecule has 3 rings (SSSR count). The number of amides is 2. The molecule has 2 amide bonds. The summed E-state index contributed by atoms with van der Waals surface area (Å²) in [7, 11) is 0. The average Bonchev–Trinajstić information content (AvgIpc) is 3.06. The van der Waals surface area contributed by atoms with E-state index in [4.69, 9.17) is 4.74 Å². The first kappa shape index (κ1) is 19.4. The molecule has 7 heteroatoms. The smallest absolute Gasteiger partial charge is 0.409 e. The molecule has 1 aliphatic carbocycles. The third kappa shape index (κ3) is 4.88. The molecule has 1 saturated carbocycles. The van der Waals surface area contributed by atoms with Gasteiger partial charge in [-0.05, 0) is 25.2 Å². The van der Waals surface area contributed by atoms with Crippen LogP contribution in [0.1, 0.15) is 51.4 Å². The van der Waals surface area contributed by atoms with E-state index in [1.807, 2.05) is 4.90 Å². The van der Waals surface area contributed by atoms with Gasteiger partial charge in [0.05, 0.1) is 6.54 Å². The van der Waals surface area contributed by atoms with Crippen molar-refractivity contribution in [2.75, 3.05) is 45.9 Å². The molecule has 0 unspecified atom stereocenters. The first-order valence-corrected chi connectivity index (χ1v) is 10.2. The summed E-state index contributed by atoms with van der Waals surface area (Å²) in [5.41, 5.74) is -1.31. The second kappa shape index (κ2) is 9.04. The van der Waals surface area contributed by atoms with E-state index in [1.165, 1.54) is 32.1 Å². The number of nitrogens with zero attached hydrogens (tertiary/aromatic N) is 2. The van der Waals surface area contributed by atoms with Gasteiger partial charge in [0.25, 0.3) is 5.91 Å². The Morgan fingerprint density at radius 3 is 2.62 bits per heavy atom. The fourth-order valence-corrected chi connectivity index (χ4v) is 4.39. The average molecular weight is 367 g/mol. The van der Waals surface area contributed by atoms with E-state index in [1.54, 1.807) is 4.90 Å². The highest BCUT2D eigenvalue weighted by atomic mass is 16.6. The van der Waals surface area contributed by atoms with Crippen LogP contribution in [0.4, 0.5) is 4.79 Å². The van der Waals surface area contributed by atoms with Crippen LogP contribution in [0.2, 0.25) is 0 Å². The molecule has 0 radical (unpaired) electrons. The number of hydrogen-bond donors (Lipinski definition) is 2. The van der Waals surface area contributed by atoms with Crippen molar-refractivity contribution in [2.24, 2.45) is 5.92 Å². The standard InChI is InChI=1S/C19H33N3O4/c23-17-19(25,15-20-9-12-22-13-14-26-18(22)24)8-4-10-21(17)11-7-16-5-2-1-3-6-16/h16,20,25H,1-15H2/t19-/m0/s1. The zero-order valence-electron chi connectivity index (χ0n) is 15.8. The van der Waals surface area contributed by atoms with Crippen LogP contribution in [0.5, 0.6) is 0 Å². The van der Waals surface area contributed by atoms with Crippen molar-refractivity contribution in [1.82, 2.24) is 15.1 Å². The van der Waals surface area contributed by atoms with Gasteiger partial charge in [0.15, 0.2) is 5.60 Å². The second-order valence-corrected chi connectivity index (χ2v) is 8.00. The molecule has 0 bridgehead atoms. The highest BCUT2D eigenvalue weighted by Crippen LogP contribution is 2.28. The van der Waals surface area contributed by atoms with E-state index in [0.717, 1.165) is 31.8 Å². The van der Waals surface area contributed by atoms with E-state index >= 15 is 0 Å². The molecule has 0 aromatic rings. The van der Waals surface area contributed by atoms with Gasteiger partial charge in [-0.3, -0.25) is 4.79 Å². The minimum atomic E-state index is -1.31. The van der Waals surface area contributed by atoms with Crippen molar-refractivity contribution < 1.29 is 19.4 Å². The van der Waals surface area contributed by atoms with Gasteiger partial charge >= 0.3 is 6.09 Å². The van der Waals surface area contributed by atoms with Gasteiger partial charge in [-0.1, -0.05) is 32.1 Å². The third-order valence-electron chi connectivity index (χ3n) is 6.06. The maximum absolute atomic E-state index is 12.8. The number of ether oxygens (including phenoxy) is 1. The van der Waals surface area contributed by atoms with Crippen LogP contribution in [0, 0.1) is 5.92 Å². The summed E-state index contributed by atoms with van der Waals surface area (Å²) in [5.74, 6) is 0.609. The third-order valence-corrected chi connectivity index (χ3v) is 6.06. The second-order valence-electron chi connectivity index (χ2n) is 8.00. The Morgan fingerprint density at radius 1 is 1.08 bits per heavy atom. The van der Waals surface area contributed by atoms with Gasteiger partial charge in [0, 0.05) is 32.7 Å². The molecule has 0 aromatic heterocycles. The Balaban J connectivity index is 1.40. The van der Waals surface area contributed by atoms with Gasteiger partial charge in [-0.15, -0.1) is 0 Å². The minimum absolute atomic E-state index is 0.132. The monoisotopic (exact) mass is 367 g/mol. The van der Waals surface area contributed by atoms with Crippen molar-refractivity contribution in [3.8, 4) is 0 Å². The van der Waals surface area contributed by atoms with Crippen molar-refractivity contribution in [1.29, 1.82) is 0 Å². The summed E-state index contributed by atoms with van der Waals surface area (Å²) >= 11 is 0. The summed E-state index contributed by atoms with van der Waals surface area (Å²) in [5, 5.41) is 14.0. The molecule has 0 aromatic carbocycles. The molecule has 7 nitrogen and oxygen atoms in total. The highest BCUT2D eigenvalue weighted by Gasteiger charge is 2.41. The fraction of sp³-hybridized carbons (Fsp3) is 0.895. The Kier molecular flexibility index (Phi) is 6.75. The number of nitrogens with one attached hydrogen (secondary N) is 1. The Bertz CT molecular complexity index is 495. The molecule has 26 heavy (non-hydrogen) atoms. The largest absolute Gasteiger partial charge is 0.448 e. The summed E-state index contributed by atoms with van der Waals surface area (Å²) in [6.45, 7) is 3.91. The van der Waals surface area contributed by atoms with Crippen LogP contribution in [0.3, 0.4) is 0 Å². The molecule has 2 aliphatic heterocycles. The van der Waals surface area contributed by atoms with Gasteiger partial charge in [-0.2, -0.15) is 0 Å². The van der Waals surface area contributed by atoms with Crippen molar-refractivity contribution in [3.05, 3.63) is 0 Å². The Morgan fingerprint density at radius 2 is 1.88 bits per heavy atom. The van der Waals surface area contributed by atoms with Crippen LogP contribution in [-0.2, 0) is 9.53 Å². The molecule has 2 saturated heterocycles. The molecule has 2 N–H and O–H groups in total. The maximum Gasteiger partial charge on any atom is 0.409 e. The zero-order valence-corrected chi connectivity index (χ0v) is 15.8. The van der Waals surface area contributed by atoms with Crippen molar-refractivity contribution >= 4 is 12.0 Å². The number of hydrogen-bond acceptors (Lipinski definition) is 5. The predicted octanol–water partition coefficient (Wildman–Crippen LogP) is 1.35. The van der Waals surface area contributed by atoms with E-state index in [-0.39, 0.29) is 18.5 Å². The van der Waals surface area contributed by atoms with Crippen LogP contribution < -0.4 is 5.32 Å².